The standard InChI is InChI=1S/C21H19BrO8/c22-11-3-1-10(2-4-11)14-9-28-15-7-12(5-6-13(15)17(14)24)29-21-20(27)19(26)18(25)16(8-23)30-21/h1-7,9,16,18-21,23,25-27H,8H2/t16-,18+,19+,20+,21-/m1/s1. The van der Waals surface area contributed by atoms with Gasteiger partial charge in [-0.25, -0.2) is 0 Å². The van der Waals surface area contributed by atoms with Crippen LogP contribution in [0.3, 0.4) is 0 Å². The van der Waals surface area contributed by atoms with Crippen molar-refractivity contribution >= 4 is 26.9 Å². The van der Waals surface area contributed by atoms with Gasteiger partial charge in [0.25, 0.3) is 0 Å². The summed E-state index contributed by atoms with van der Waals surface area (Å²) in [5, 5.41) is 39.4. The molecular weight excluding hydrogens is 460 g/mol. The lowest BCUT2D eigenvalue weighted by Gasteiger charge is -2.39. The number of aliphatic hydroxyl groups excluding tert-OH is 4. The summed E-state index contributed by atoms with van der Waals surface area (Å²) >= 11 is 3.36. The van der Waals surface area contributed by atoms with Gasteiger partial charge < -0.3 is 34.3 Å². The highest BCUT2D eigenvalue weighted by Gasteiger charge is 2.44. The van der Waals surface area contributed by atoms with Gasteiger partial charge in [-0.1, -0.05) is 28.1 Å². The third-order valence-electron chi connectivity index (χ3n) is 5.00. The normalized spacial score (nSPS) is 26.6. The number of hydrogen-bond donors (Lipinski definition) is 4. The zero-order chi connectivity index (χ0) is 21.4. The summed E-state index contributed by atoms with van der Waals surface area (Å²) in [5.74, 6) is 0.214. The van der Waals surface area contributed by atoms with E-state index in [2.05, 4.69) is 15.9 Å². The molecule has 2 heterocycles. The van der Waals surface area contributed by atoms with E-state index in [1.807, 2.05) is 12.1 Å². The summed E-state index contributed by atoms with van der Waals surface area (Å²) in [5.41, 5.74) is 1.19. The number of ether oxygens (including phenoxy) is 2. The minimum atomic E-state index is -1.55. The summed E-state index contributed by atoms with van der Waals surface area (Å²) in [6, 6.07) is 11.8. The Labute approximate surface area is 179 Å². The van der Waals surface area contributed by atoms with Crippen LogP contribution in [-0.2, 0) is 4.74 Å². The van der Waals surface area contributed by atoms with Gasteiger partial charge in [0.15, 0.2) is 5.43 Å². The first-order valence-corrected chi connectivity index (χ1v) is 9.97. The average molecular weight is 479 g/mol. The quantitative estimate of drug-likeness (QED) is 0.442. The Hall–Kier alpha value is -2.27. The van der Waals surface area contributed by atoms with Gasteiger partial charge >= 0.3 is 0 Å². The van der Waals surface area contributed by atoms with E-state index in [-0.39, 0.29) is 16.8 Å². The Morgan fingerprint density at radius 3 is 2.43 bits per heavy atom. The molecule has 0 bridgehead atoms. The molecule has 1 aliphatic heterocycles. The molecule has 8 nitrogen and oxygen atoms in total. The minimum absolute atomic E-state index is 0.210. The molecule has 1 fully saturated rings. The molecule has 1 aromatic heterocycles. The third kappa shape index (κ3) is 3.87. The van der Waals surface area contributed by atoms with E-state index in [4.69, 9.17) is 13.9 Å². The van der Waals surface area contributed by atoms with Crippen molar-refractivity contribution in [1.29, 1.82) is 0 Å². The topological polar surface area (TPSA) is 130 Å². The zero-order valence-corrected chi connectivity index (χ0v) is 17.1. The molecule has 2 aromatic carbocycles. The molecular formula is C21H19BrO8. The van der Waals surface area contributed by atoms with Crippen molar-refractivity contribution in [3.63, 3.8) is 0 Å². The van der Waals surface area contributed by atoms with Gasteiger partial charge in [-0.15, -0.1) is 0 Å². The Morgan fingerprint density at radius 1 is 1.00 bits per heavy atom. The fraction of sp³-hybridized carbons (Fsp3) is 0.286. The van der Waals surface area contributed by atoms with Gasteiger partial charge in [-0.2, -0.15) is 0 Å². The van der Waals surface area contributed by atoms with Gasteiger partial charge in [-0.3, -0.25) is 4.79 Å². The predicted molar refractivity (Wildman–Crippen MR) is 110 cm³/mol. The maximum absolute atomic E-state index is 12.9. The van der Waals surface area contributed by atoms with Crippen LogP contribution in [-0.4, -0.2) is 57.7 Å². The first-order chi connectivity index (χ1) is 14.4. The first-order valence-electron chi connectivity index (χ1n) is 9.17. The molecule has 5 atom stereocenters. The van der Waals surface area contributed by atoms with E-state index in [0.29, 0.717) is 10.9 Å². The molecule has 0 spiro atoms. The van der Waals surface area contributed by atoms with Crippen LogP contribution in [0.25, 0.3) is 22.1 Å². The number of rotatable bonds is 4. The fourth-order valence-corrected chi connectivity index (χ4v) is 3.57. The molecule has 0 saturated carbocycles. The number of aliphatic hydroxyl groups is 4. The highest BCUT2D eigenvalue weighted by molar-refractivity contribution is 9.10. The molecule has 4 rings (SSSR count). The van der Waals surface area contributed by atoms with Crippen LogP contribution in [0.1, 0.15) is 0 Å². The van der Waals surface area contributed by atoms with Crippen LogP contribution in [0.15, 0.2) is 62.4 Å². The Kier molecular flexibility index (Phi) is 5.92. The molecule has 30 heavy (non-hydrogen) atoms. The Balaban J connectivity index is 1.62. The molecule has 0 unspecified atom stereocenters. The zero-order valence-electron chi connectivity index (χ0n) is 15.5. The molecule has 3 aromatic rings. The van der Waals surface area contributed by atoms with Crippen LogP contribution < -0.4 is 10.2 Å². The Morgan fingerprint density at radius 2 is 1.73 bits per heavy atom. The van der Waals surface area contributed by atoms with E-state index >= 15 is 0 Å². The van der Waals surface area contributed by atoms with Crippen molar-refractivity contribution in [1.82, 2.24) is 0 Å². The van der Waals surface area contributed by atoms with Gasteiger partial charge in [0.05, 0.1) is 17.6 Å². The summed E-state index contributed by atoms with van der Waals surface area (Å²) in [4.78, 5) is 12.9. The minimum Gasteiger partial charge on any atom is -0.463 e. The largest absolute Gasteiger partial charge is 0.463 e. The average Bonchev–Trinajstić information content (AvgIpc) is 2.75. The lowest BCUT2D eigenvalue weighted by Crippen LogP contribution is -2.60. The maximum atomic E-state index is 12.9. The predicted octanol–water partition coefficient (Wildman–Crippen LogP) is 1.40. The van der Waals surface area contributed by atoms with Crippen molar-refractivity contribution in [2.24, 2.45) is 0 Å². The smallest absolute Gasteiger partial charge is 0.229 e. The van der Waals surface area contributed by atoms with Crippen molar-refractivity contribution in [2.75, 3.05) is 6.61 Å². The lowest BCUT2D eigenvalue weighted by atomic mass is 9.99. The SMILES string of the molecule is O=c1c(-c2ccc(Br)cc2)coc2cc(O[C@@H]3O[C@H](CO)[C@H](O)[C@H](O)[C@@H]3O)ccc12. The van der Waals surface area contributed by atoms with E-state index in [9.17, 15) is 25.2 Å². The van der Waals surface area contributed by atoms with Crippen molar-refractivity contribution in [2.45, 2.75) is 30.7 Å². The summed E-state index contributed by atoms with van der Waals surface area (Å²) in [7, 11) is 0. The van der Waals surface area contributed by atoms with Gasteiger partial charge in [0, 0.05) is 10.5 Å². The highest BCUT2D eigenvalue weighted by atomic mass is 79.9. The summed E-state index contributed by atoms with van der Waals surface area (Å²) in [6.07, 6.45) is -5.60. The van der Waals surface area contributed by atoms with Crippen LogP contribution in [0.4, 0.5) is 0 Å². The molecule has 1 aliphatic rings. The lowest BCUT2D eigenvalue weighted by molar-refractivity contribution is -0.277. The van der Waals surface area contributed by atoms with Crippen molar-refractivity contribution in [3.05, 3.63) is 63.4 Å². The number of hydrogen-bond acceptors (Lipinski definition) is 8. The fourth-order valence-electron chi connectivity index (χ4n) is 3.31. The molecule has 9 heteroatoms. The molecule has 1 saturated heterocycles. The summed E-state index contributed by atoms with van der Waals surface area (Å²) < 4.78 is 17.4. The second-order valence-electron chi connectivity index (χ2n) is 6.96. The van der Waals surface area contributed by atoms with E-state index < -0.39 is 37.3 Å². The number of fused-ring (bicyclic) bond motifs is 1. The molecule has 0 aliphatic carbocycles. The second kappa shape index (κ2) is 8.46. The third-order valence-corrected chi connectivity index (χ3v) is 5.53. The highest BCUT2D eigenvalue weighted by Crippen LogP contribution is 2.27. The van der Waals surface area contributed by atoms with Crippen molar-refractivity contribution < 1.29 is 34.3 Å². The van der Waals surface area contributed by atoms with Crippen LogP contribution in [0.5, 0.6) is 5.75 Å². The van der Waals surface area contributed by atoms with E-state index in [1.165, 1.54) is 24.5 Å². The van der Waals surface area contributed by atoms with Crippen molar-refractivity contribution in [3.8, 4) is 16.9 Å². The Bertz CT molecular complexity index is 1090. The van der Waals surface area contributed by atoms with Gasteiger partial charge in [-0.05, 0) is 29.8 Å². The van der Waals surface area contributed by atoms with E-state index in [0.717, 1.165) is 10.0 Å². The van der Waals surface area contributed by atoms with Gasteiger partial charge in [0.2, 0.25) is 6.29 Å². The second-order valence-corrected chi connectivity index (χ2v) is 7.87. The molecule has 158 valence electrons. The molecule has 0 radical (unpaired) electrons. The number of benzene rings is 2. The van der Waals surface area contributed by atoms with Crippen LogP contribution >= 0.6 is 15.9 Å². The molecule has 4 N–H and O–H groups in total. The monoisotopic (exact) mass is 478 g/mol. The van der Waals surface area contributed by atoms with E-state index in [1.54, 1.807) is 12.1 Å². The summed E-state index contributed by atoms with van der Waals surface area (Å²) in [6.45, 7) is -0.559. The van der Waals surface area contributed by atoms with Crippen LogP contribution in [0, 0.1) is 0 Å². The first kappa shape index (κ1) is 21.0. The van der Waals surface area contributed by atoms with Crippen LogP contribution in [0.2, 0.25) is 0 Å². The number of halogens is 1. The molecule has 0 amide bonds. The van der Waals surface area contributed by atoms with Gasteiger partial charge in [0.1, 0.15) is 42.0 Å². The maximum Gasteiger partial charge on any atom is 0.229 e.